The van der Waals surface area contributed by atoms with Gasteiger partial charge in [0, 0.05) is 5.54 Å². The van der Waals surface area contributed by atoms with Gasteiger partial charge in [0.25, 0.3) is 0 Å². The molecule has 78 valence electrons. The number of methoxy groups -OCH3 is 1. The molecule has 1 atom stereocenters. The van der Waals surface area contributed by atoms with E-state index in [1.807, 2.05) is 24.3 Å². The molecule has 3 nitrogen and oxygen atoms in total. The fourth-order valence-electron chi connectivity index (χ4n) is 1.22. The lowest BCUT2D eigenvalue weighted by Gasteiger charge is -2.26. The van der Waals surface area contributed by atoms with E-state index in [1.165, 1.54) is 0 Å². The van der Waals surface area contributed by atoms with Crippen molar-refractivity contribution in [2.75, 3.05) is 7.11 Å². The lowest BCUT2D eigenvalue weighted by Crippen LogP contribution is -2.39. The Labute approximate surface area is 84.5 Å². The van der Waals surface area contributed by atoms with Crippen molar-refractivity contribution in [1.82, 2.24) is 0 Å². The van der Waals surface area contributed by atoms with Crippen LogP contribution in [0.15, 0.2) is 24.3 Å². The van der Waals surface area contributed by atoms with Crippen molar-refractivity contribution < 1.29 is 9.84 Å². The second-order valence-electron chi connectivity index (χ2n) is 4.00. The van der Waals surface area contributed by atoms with Gasteiger partial charge in [0.1, 0.15) is 5.75 Å². The molecule has 0 saturated carbocycles. The standard InChI is InChI=1S/C11H17NO2/c1-11(2,12)10(13)8-4-6-9(14-3)7-5-8/h4-7,10,13H,12H2,1-3H3/t10-/m1/s1. The van der Waals surface area contributed by atoms with Gasteiger partial charge in [-0.25, -0.2) is 0 Å². The summed E-state index contributed by atoms with van der Waals surface area (Å²) < 4.78 is 5.02. The predicted molar refractivity (Wildman–Crippen MR) is 56.2 cm³/mol. The van der Waals surface area contributed by atoms with E-state index in [4.69, 9.17) is 10.5 Å². The summed E-state index contributed by atoms with van der Waals surface area (Å²) in [5.41, 5.74) is 5.97. The minimum Gasteiger partial charge on any atom is -0.497 e. The van der Waals surface area contributed by atoms with Crippen molar-refractivity contribution in [3.05, 3.63) is 29.8 Å². The Hall–Kier alpha value is -1.06. The number of hydrogen-bond donors (Lipinski definition) is 2. The zero-order chi connectivity index (χ0) is 10.8. The van der Waals surface area contributed by atoms with Crippen LogP contribution in [0.2, 0.25) is 0 Å². The first-order valence-electron chi connectivity index (χ1n) is 4.56. The highest BCUT2D eigenvalue weighted by Crippen LogP contribution is 2.24. The third kappa shape index (κ3) is 2.47. The molecular formula is C11H17NO2. The Morgan fingerprint density at radius 1 is 1.29 bits per heavy atom. The Bertz CT molecular complexity index is 287. The van der Waals surface area contributed by atoms with Crippen LogP contribution in [0.1, 0.15) is 25.5 Å². The van der Waals surface area contributed by atoms with Gasteiger partial charge >= 0.3 is 0 Å². The van der Waals surface area contributed by atoms with Gasteiger partial charge in [0.05, 0.1) is 13.2 Å². The number of aliphatic hydroxyl groups is 1. The predicted octanol–water partition coefficient (Wildman–Crippen LogP) is 1.47. The molecule has 0 aromatic heterocycles. The molecule has 0 fully saturated rings. The van der Waals surface area contributed by atoms with Crippen LogP contribution in [0.25, 0.3) is 0 Å². The summed E-state index contributed by atoms with van der Waals surface area (Å²) >= 11 is 0. The number of hydrogen-bond acceptors (Lipinski definition) is 3. The summed E-state index contributed by atoms with van der Waals surface area (Å²) in [4.78, 5) is 0. The normalized spacial score (nSPS) is 13.8. The molecule has 0 amide bonds. The van der Waals surface area contributed by atoms with Crippen molar-refractivity contribution in [3.8, 4) is 5.75 Å². The maximum atomic E-state index is 9.85. The summed E-state index contributed by atoms with van der Waals surface area (Å²) in [5, 5.41) is 9.85. The van der Waals surface area contributed by atoms with Crippen LogP contribution in [0.4, 0.5) is 0 Å². The third-order valence-corrected chi connectivity index (χ3v) is 2.14. The number of benzene rings is 1. The highest BCUT2D eigenvalue weighted by molar-refractivity contribution is 5.29. The van der Waals surface area contributed by atoms with Crippen molar-refractivity contribution in [1.29, 1.82) is 0 Å². The number of aliphatic hydroxyl groups excluding tert-OH is 1. The second-order valence-corrected chi connectivity index (χ2v) is 4.00. The van der Waals surface area contributed by atoms with Crippen LogP contribution in [-0.4, -0.2) is 17.8 Å². The average Bonchev–Trinajstić information content (AvgIpc) is 2.15. The molecule has 0 aliphatic carbocycles. The van der Waals surface area contributed by atoms with Crippen LogP contribution in [0.5, 0.6) is 5.75 Å². The van der Waals surface area contributed by atoms with Crippen molar-refractivity contribution in [2.24, 2.45) is 5.73 Å². The Morgan fingerprint density at radius 2 is 1.79 bits per heavy atom. The van der Waals surface area contributed by atoms with Crippen LogP contribution >= 0.6 is 0 Å². The van der Waals surface area contributed by atoms with Crippen LogP contribution in [0, 0.1) is 0 Å². The van der Waals surface area contributed by atoms with Gasteiger partial charge in [0.2, 0.25) is 0 Å². The van der Waals surface area contributed by atoms with Crippen LogP contribution in [0.3, 0.4) is 0 Å². The first-order chi connectivity index (χ1) is 6.45. The topological polar surface area (TPSA) is 55.5 Å². The molecule has 1 aromatic rings. The maximum Gasteiger partial charge on any atom is 0.118 e. The number of rotatable bonds is 3. The molecule has 14 heavy (non-hydrogen) atoms. The molecule has 0 spiro atoms. The molecule has 3 heteroatoms. The van der Waals surface area contributed by atoms with Gasteiger partial charge in [-0.1, -0.05) is 12.1 Å². The average molecular weight is 195 g/mol. The molecular weight excluding hydrogens is 178 g/mol. The van der Waals surface area contributed by atoms with E-state index in [0.29, 0.717) is 0 Å². The van der Waals surface area contributed by atoms with E-state index in [0.717, 1.165) is 11.3 Å². The van der Waals surface area contributed by atoms with E-state index >= 15 is 0 Å². The quantitative estimate of drug-likeness (QED) is 0.767. The van der Waals surface area contributed by atoms with Crippen LogP contribution < -0.4 is 10.5 Å². The molecule has 0 radical (unpaired) electrons. The van der Waals surface area contributed by atoms with Gasteiger partial charge in [-0.2, -0.15) is 0 Å². The fraction of sp³-hybridized carbons (Fsp3) is 0.455. The van der Waals surface area contributed by atoms with Crippen molar-refractivity contribution >= 4 is 0 Å². The summed E-state index contributed by atoms with van der Waals surface area (Å²) in [6.07, 6.45) is -0.659. The lowest BCUT2D eigenvalue weighted by atomic mass is 9.92. The molecule has 1 aromatic carbocycles. The summed E-state index contributed by atoms with van der Waals surface area (Å²) in [7, 11) is 1.61. The van der Waals surface area contributed by atoms with E-state index in [9.17, 15) is 5.11 Å². The molecule has 0 aliphatic heterocycles. The monoisotopic (exact) mass is 195 g/mol. The molecule has 3 N–H and O–H groups in total. The van der Waals surface area contributed by atoms with E-state index < -0.39 is 11.6 Å². The maximum absolute atomic E-state index is 9.85. The minimum absolute atomic E-state index is 0.630. The van der Waals surface area contributed by atoms with Gasteiger partial charge in [-0.3, -0.25) is 0 Å². The highest BCUT2D eigenvalue weighted by Gasteiger charge is 2.23. The Kier molecular flexibility index (Phi) is 3.13. The zero-order valence-electron chi connectivity index (χ0n) is 8.82. The first-order valence-corrected chi connectivity index (χ1v) is 4.56. The van der Waals surface area contributed by atoms with Gasteiger partial charge < -0.3 is 15.6 Å². The lowest BCUT2D eigenvalue weighted by molar-refractivity contribution is 0.104. The smallest absolute Gasteiger partial charge is 0.118 e. The largest absolute Gasteiger partial charge is 0.497 e. The summed E-state index contributed by atoms with van der Waals surface area (Å²) in [6.45, 7) is 3.59. The SMILES string of the molecule is COc1ccc([C@@H](O)C(C)(C)N)cc1. The van der Waals surface area contributed by atoms with Crippen molar-refractivity contribution in [2.45, 2.75) is 25.5 Å². The number of ether oxygens (including phenoxy) is 1. The van der Waals surface area contributed by atoms with Crippen molar-refractivity contribution in [3.63, 3.8) is 0 Å². The summed E-state index contributed by atoms with van der Waals surface area (Å²) in [5.74, 6) is 0.774. The summed E-state index contributed by atoms with van der Waals surface area (Å²) in [6, 6.07) is 7.25. The molecule has 0 heterocycles. The highest BCUT2D eigenvalue weighted by atomic mass is 16.5. The molecule has 0 bridgehead atoms. The Balaban J connectivity index is 2.87. The molecule has 0 aliphatic rings. The minimum atomic E-state index is -0.659. The third-order valence-electron chi connectivity index (χ3n) is 2.14. The molecule has 0 unspecified atom stereocenters. The molecule has 1 rings (SSSR count). The second kappa shape index (κ2) is 3.98. The number of nitrogens with two attached hydrogens (primary N) is 1. The van der Waals surface area contributed by atoms with Gasteiger partial charge in [0.15, 0.2) is 0 Å². The zero-order valence-corrected chi connectivity index (χ0v) is 8.82. The van der Waals surface area contributed by atoms with Gasteiger partial charge in [-0.15, -0.1) is 0 Å². The van der Waals surface area contributed by atoms with E-state index in [-0.39, 0.29) is 0 Å². The first kappa shape index (κ1) is 11.0. The molecule has 0 saturated heterocycles. The Morgan fingerprint density at radius 3 is 2.14 bits per heavy atom. The van der Waals surface area contributed by atoms with Crippen LogP contribution in [-0.2, 0) is 0 Å². The van der Waals surface area contributed by atoms with E-state index in [1.54, 1.807) is 21.0 Å². The van der Waals surface area contributed by atoms with Gasteiger partial charge in [-0.05, 0) is 31.5 Å². The van der Waals surface area contributed by atoms with E-state index in [2.05, 4.69) is 0 Å². The fourth-order valence-corrected chi connectivity index (χ4v) is 1.22.